The highest BCUT2D eigenvalue weighted by atomic mass is 16.7. The van der Waals surface area contributed by atoms with Crippen LogP contribution >= 0.6 is 0 Å². The molecule has 0 bridgehead atoms. The van der Waals surface area contributed by atoms with Gasteiger partial charge in [0.25, 0.3) is 0 Å². The van der Waals surface area contributed by atoms with Gasteiger partial charge in [-0.1, -0.05) is 108 Å². The van der Waals surface area contributed by atoms with Gasteiger partial charge in [-0.25, -0.2) is 4.79 Å². The molecule has 7 heteroatoms. The molecule has 0 radical (unpaired) electrons. The third kappa shape index (κ3) is 17.8. The quantitative estimate of drug-likeness (QED) is 0.0982. The highest BCUT2D eigenvalue weighted by molar-refractivity contribution is 5.74. The lowest BCUT2D eigenvalue weighted by Gasteiger charge is -2.17. The minimum Gasteiger partial charge on any atom is -0.466 e. The van der Waals surface area contributed by atoms with Crippen molar-refractivity contribution in [2.24, 2.45) is 0 Å². The van der Waals surface area contributed by atoms with Crippen LogP contribution in [0.2, 0.25) is 0 Å². The third-order valence-electron chi connectivity index (χ3n) is 5.77. The molecule has 0 heterocycles. The Labute approximate surface area is 217 Å². The molecule has 204 valence electrons. The summed E-state index contributed by atoms with van der Waals surface area (Å²) in [7, 11) is 0. The van der Waals surface area contributed by atoms with Crippen molar-refractivity contribution in [2.45, 2.75) is 116 Å². The van der Waals surface area contributed by atoms with Gasteiger partial charge in [-0.15, -0.1) is 0 Å². The summed E-state index contributed by atoms with van der Waals surface area (Å²) in [5.41, 5.74) is 0.808. The molecule has 1 aromatic carbocycles. The van der Waals surface area contributed by atoms with Crippen LogP contribution in [-0.2, 0) is 35.1 Å². The van der Waals surface area contributed by atoms with Crippen molar-refractivity contribution in [3.8, 4) is 0 Å². The van der Waals surface area contributed by atoms with E-state index in [4.69, 9.17) is 18.9 Å². The van der Waals surface area contributed by atoms with E-state index in [-0.39, 0.29) is 19.4 Å². The fraction of sp³-hybridized carbons (Fsp3) is 0.690. The molecule has 1 aromatic rings. The molecule has 0 N–H and O–H groups in total. The number of carbonyl (C=O) groups excluding carboxylic acids is 3. The highest BCUT2D eigenvalue weighted by Gasteiger charge is 2.24. The van der Waals surface area contributed by atoms with Gasteiger partial charge in [-0.2, -0.15) is 0 Å². The van der Waals surface area contributed by atoms with Crippen molar-refractivity contribution < 1.29 is 33.3 Å². The average molecular weight is 507 g/mol. The van der Waals surface area contributed by atoms with E-state index in [2.05, 4.69) is 13.8 Å². The summed E-state index contributed by atoms with van der Waals surface area (Å²) in [5.74, 6) is -1.01. The Bertz CT molecular complexity index is 673. The predicted molar refractivity (Wildman–Crippen MR) is 139 cm³/mol. The molecule has 0 unspecified atom stereocenters. The number of benzene rings is 1. The van der Waals surface area contributed by atoms with Gasteiger partial charge in [-0.3, -0.25) is 9.59 Å². The van der Waals surface area contributed by atoms with Gasteiger partial charge in [0.05, 0.1) is 26.1 Å². The topological polar surface area (TPSA) is 88.1 Å². The summed E-state index contributed by atoms with van der Waals surface area (Å²) in [4.78, 5) is 36.8. The van der Waals surface area contributed by atoms with E-state index in [9.17, 15) is 14.4 Å². The van der Waals surface area contributed by atoms with Gasteiger partial charge in [0, 0.05) is 0 Å². The van der Waals surface area contributed by atoms with Crippen molar-refractivity contribution in [1.29, 1.82) is 0 Å². The van der Waals surface area contributed by atoms with Crippen LogP contribution in [0.4, 0.5) is 4.79 Å². The zero-order valence-corrected chi connectivity index (χ0v) is 22.3. The Morgan fingerprint density at radius 2 is 1.11 bits per heavy atom. The number of unbranched alkanes of at least 4 members (excludes halogenated alkanes) is 10. The second-order valence-corrected chi connectivity index (χ2v) is 9.15. The first-order valence-electron chi connectivity index (χ1n) is 13.7. The van der Waals surface area contributed by atoms with Crippen LogP contribution in [0.3, 0.4) is 0 Å². The maximum Gasteiger partial charge on any atom is 0.508 e. The first-order valence-corrected chi connectivity index (χ1v) is 13.7. The van der Waals surface area contributed by atoms with Crippen LogP contribution in [0, 0.1) is 0 Å². The summed E-state index contributed by atoms with van der Waals surface area (Å²) in [5, 5.41) is 0. The minimum absolute atomic E-state index is 0.0390. The van der Waals surface area contributed by atoms with E-state index in [0.717, 1.165) is 44.1 Å². The summed E-state index contributed by atoms with van der Waals surface area (Å²) in [6, 6.07) is 9.19. The monoisotopic (exact) mass is 506 g/mol. The van der Waals surface area contributed by atoms with E-state index in [1.807, 2.05) is 30.3 Å². The van der Waals surface area contributed by atoms with Crippen LogP contribution in [0.25, 0.3) is 0 Å². The number of ether oxygens (including phenoxy) is 4. The van der Waals surface area contributed by atoms with Gasteiger partial charge in [0.15, 0.2) is 0 Å². The summed E-state index contributed by atoms with van der Waals surface area (Å²) in [6.07, 6.45) is 10.6. The molecule has 0 atom stereocenters. The van der Waals surface area contributed by atoms with Gasteiger partial charge in [-0.05, 0) is 18.4 Å². The van der Waals surface area contributed by atoms with Gasteiger partial charge in [0.2, 0.25) is 0 Å². The molecule has 36 heavy (non-hydrogen) atoms. The predicted octanol–water partition coefficient (Wildman–Crippen LogP) is 7.30. The molecule has 1 rings (SSSR count). The minimum atomic E-state index is -0.998. The normalized spacial score (nSPS) is 10.8. The second-order valence-electron chi connectivity index (χ2n) is 9.15. The Morgan fingerprint density at radius 1 is 0.639 bits per heavy atom. The molecule has 0 fully saturated rings. The molecule has 0 aliphatic rings. The van der Waals surface area contributed by atoms with Crippen LogP contribution in [-0.4, -0.2) is 37.4 Å². The van der Waals surface area contributed by atoms with Crippen LogP contribution in [0.15, 0.2) is 30.3 Å². The van der Waals surface area contributed by atoms with Crippen molar-refractivity contribution >= 4 is 18.1 Å². The van der Waals surface area contributed by atoms with E-state index < -0.39 is 24.2 Å². The number of rotatable bonds is 21. The molecule has 0 saturated heterocycles. The zero-order chi connectivity index (χ0) is 26.3. The Kier molecular flexibility index (Phi) is 19.0. The molecule has 0 saturated carbocycles. The Balaban J connectivity index is 2.43. The first kappa shape index (κ1) is 31.5. The molecular formula is C29H46O7. The fourth-order valence-corrected chi connectivity index (χ4v) is 3.67. The summed E-state index contributed by atoms with van der Waals surface area (Å²) in [6.45, 7) is 5.01. The van der Waals surface area contributed by atoms with Crippen molar-refractivity contribution in [1.82, 2.24) is 0 Å². The SMILES string of the molecule is CCCCCCCCOC(=O)CC(CC(=O)OCCCCCCCC)OC(=O)OCc1ccccc1. The van der Waals surface area contributed by atoms with E-state index >= 15 is 0 Å². The maximum atomic E-state index is 12.3. The van der Waals surface area contributed by atoms with Crippen molar-refractivity contribution in [2.75, 3.05) is 13.2 Å². The third-order valence-corrected chi connectivity index (χ3v) is 5.77. The highest BCUT2D eigenvalue weighted by Crippen LogP contribution is 2.12. The largest absolute Gasteiger partial charge is 0.508 e. The number of esters is 2. The maximum absolute atomic E-state index is 12.3. The van der Waals surface area contributed by atoms with Gasteiger partial charge in [0.1, 0.15) is 12.7 Å². The zero-order valence-electron chi connectivity index (χ0n) is 22.3. The smallest absolute Gasteiger partial charge is 0.466 e. The van der Waals surface area contributed by atoms with E-state index in [0.29, 0.717) is 13.2 Å². The molecule has 0 amide bonds. The summed E-state index contributed by atoms with van der Waals surface area (Å²) < 4.78 is 21.0. The molecule has 0 aliphatic heterocycles. The standard InChI is InChI=1S/C29H46O7/c1-3-5-7-9-11-16-20-33-27(30)22-26(23-28(31)34-21-17-12-10-8-6-4-2)36-29(32)35-24-25-18-14-13-15-19-25/h13-15,18-19,26H,3-12,16-17,20-24H2,1-2H3. The molecular weight excluding hydrogens is 460 g/mol. The van der Waals surface area contributed by atoms with Crippen LogP contribution in [0.5, 0.6) is 0 Å². The van der Waals surface area contributed by atoms with E-state index in [1.165, 1.54) is 38.5 Å². The van der Waals surface area contributed by atoms with Crippen LogP contribution in [0.1, 0.15) is 109 Å². The molecule has 7 nitrogen and oxygen atoms in total. The number of hydrogen-bond acceptors (Lipinski definition) is 7. The number of hydrogen-bond donors (Lipinski definition) is 0. The van der Waals surface area contributed by atoms with Crippen molar-refractivity contribution in [3.05, 3.63) is 35.9 Å². The lowest BCUT2D eigenvalue weighted by atomic mass is 10.1. The molecule has 0 spiro atoms. The lowest BCUT2D eigenvalue weighted by molar-refractivity contribution is -0.150. The van der Waals surface area contributed by atoms with Crippen LogP contribution < -0.4 is 0 Å². The Morgan fingerprint density at radius 3 is 1.61 bits per heavy atom. The van der Waals surface area contributed by atoms with E-state index in [1.54, 1.807) is 0 Å². The average Bonchev–Trinajstić information content (AvgIpc) is 2.87. The molecule has 0 aromatic heterocycles. The number of carbonyl (C=O) groups is 3. The fourth-order valence-electron chi connectivity index (χ4n) is 3.67. The first-order chi connectivity index (χ1) is 17.5. The van der Waals surface area contributed by atoms with Gasteiger partial charge < -0.3 is 18.9 Å². The Hall–Kier alpha value is -2.57. The van der Waals surface area contributed by atoms with Crippen molar-refractivity contribution in [3.63, 3.8) is 0 Å². The molecule has 0 aliphatic carbocycles. The lowest BCUT2D eigenvalue weighted by Crippen LogP contribution is -2.27. The summed E-state index contributed by atoms with van der Waals surface area (Å²) >= 11 is 0. The van der Waals surface area contributed by atoms with Gasteiger partial charge >= 0.3 is 18.1 Å². The second kappa shape index (κ2) is 21.7.